The Hall–Kier alpha value is -1.96. The lowest BCUT2D eigenvalue weighted by Crippen LogP contribution is -2.42. The van der Waals surface area contributed by atoms with E-state index in [9.17, 15) is 9.59 Å². The van der Waals surface area contributed by atoms with E-state index in [0.717, 1.165) is 5.56 Å². The number of ether oxygens (including phenoxy) is 1. The molecule has 8 heteroatoms. The molecule has 0 N–H and O–H groups in total. The Labute approximate surface area is 175 Å². The van der Waals surface area contributed by atoms with Crippen molar-refractivity contribution in [3.05, 3.63) is 40.4 Å². The van der Waals surface area contributed by atoms with Gasteiger partial charge < -0.3 is 14.5 Å². The number of hydrogen-bond acceptors (Lipinski definition) is 6. The van der Waals surface area contributed by atoms with Crippen molar-refractivity contribution in [3.63, 3.8) is 0 Å². The number of carbonyl (C=O) groups is 2. The maximum absolute atomic E-state index is 13.0. The number of benzene rings is 1. The fraction of sp³-hybridized carbons (Fsp3) is 0.450. The molecule has 0 aliphatic rings. The number of thiazole rings is 1. The molecule has 0 unspecified atom stereocenters. The van der Waals surface area contributed by atoms with Crippen LogP contribution < -0.4 is 0 Å². The fourth-order valence-corrected chi connectivity index (χ4v) is 3.37. The third kappa shape index (κ3) is 6.89. The van der Waals surface area contributed by atoms with E-state index in [1.165, 1.54) is 16.2 Å². The van der Waals surface area contributed by atoms with Crippen LogP contribution in [0.5, 0.6) is 0 Å². The van der Waals surface area contributed by atoms with E-state index in [4.69, 9.17) is 16.3 Å². The summed E-state index contributed by atoms with van der Waals surface area (Å²) in [6, 6.07) is 7.32. The van der Waals surface area contributed by atoms with Crippen molar-refractivity contribution >= 4 is 34.8 Å². The van der Waals surface area contributed by atoms with Gasteiger partial charge in [0, 0.05) is 29.1 Å². The minimum absolute atomic E-state index is 0.117. The zero-order chi connectivity index (χ0) is 20.9. The van der Waals surface area contributed by atoms with Gasteiger partial charge in [0.25, 0.3) is 5.91 Å². The molecule has 152 valence electrons. The van der Waals surface area contributed by atoms with Gasteiger partial charge in [0.15, 0.2) is 0 Å². The van der Waals surface area contributed by atoms with Gasteiger partial charge in [-0.05, 0) is 47.0 Å². The van der Waals surface area contributed by atoms with E-state index in [1.807, 2.05) is 31.1 Å². The van der Waals surface area contributed by atoms with Gasteiger partial charge in [-0.2, -0.15) is 0 Å². The molecule has 0 aliphatic heterocycles. The van der Waals surface area contributed by atoms with Gasteiger partial charge in [0.05, 0.1) is 0 Å². The van der Waals surface area contributed by atoms with Crippen LogP contribution in [0.15, 0.2) is 29.6 Å². The Bertz CT molecular complexity index is 830. The highest BCUT2D eigenvalue weighted by atomic mass is 35.5. The van der Waals surface area contributed by atoms with Gasteiger partial charge in [-0.25, -0.2) is 4.98 Å². The van der Waals surface area contributed by atoms with E-state index in [1.54, 1.807) is 38.3 Å². The van der Waals surface area contributed by atoms with Crippen molar-refractivity contribution < 1.29 is 14.3 Å². The number of carbonyl (C=O) groups excluding carboxylic acids is 2. The van der Waals surface area contributed by atoms with Crippen LogP contribution in [0, 0.1) is 0 Å². The van der Waals surface area contributed by atoms with E-state index < -0.39 is 11.6 Å². The molecule has 2 aromatic rings. The zero-order valence-corrected chi connectivity index (χ0v) is 18.4. The van der Waals surface area contributed by atoms with Crippen molar-refractivity contribution in [3.8, 4) is 10.6 Å². The molecule has 28 heavy (non-hydrogen) atoms. The Morgan fingerprint density at radius 2 is 1.93 bits per heavy atom. The second-order valence-corrected chi connectivity index (χ2v) is 8.96. The summed E-state index contributed by atoms with van der Waals surface area (Å²) in [6.45, 7) is 6.31. The Balaban J connectivity index is 2.18. The maximum atomic E-state index is 13.0. The molecule has 0 aliphatic carbocycles. The molecule has 0 spiro atoms. The molecule has 0 bridgehead atoms. The van der Waals surface area contributed by atoms with Gasteiger partial charge in [-0.1, -0.05) is 23.7 Å². The number of rotatable bonds is 7. The first kappa shape index (κ1) is 22.3. The van der Waals surface area contributed by atoms with Crippen molar-refractivity contribution in [2.75, 3.05) is 33.7 Å². The SMILES string of the molecule is CN(C)CCN(CC(=O)OC(C)(C)C)C(=O)c1csc(-c2cccc(Cl)c2)n1. The molecule has 0 fully saturated rings. The van der Waals surface area contributed by atoms with Crippen molar-refractivity contribution in [2.45, 2.75) is 26.4 Å². The predicted molar refractivity (Wildman–Crippen MR) is 113 cm³/mol. The first-order valence-corrected chi connectivity index (χ1v) is 10.2. The summed E-state index contributed by atoms with van der Waals surface area (Å²) in [6.07, 6.45) is 0. The summed E-state index contributed by atoms with van der Waals surface area (Å²) in [5.74, 6) is -0.734. The summed E-state index contributed by atoms with van der Waals surface area (Å²) in [7, 11) is 3.83. The molecule has 1 heterocycles. The van der Waals surface area contributed by atoms with Crippen molar-refractivity contribution in [1.82, 2.24) is 14.8 Å². The minimum atomic E-state index is -0.603. The average molecular weight is 424 g/mol. The second-order valence-electron chi connectivity index (χ2n) is 7.66. The van der Waals surface area contributed by atoms with Gasteiger partial charge in [0.1, 0.15) is 22.8 Å². The standard InChI is InChI=1S/C20H26ClN3O3S/c1-20(2,3)27-17(25)12-24(10-9-23(4)5)19(26)16-13-28-18(22-16)14-7-6-8-15(21)11-14/h6-8,11,13H,9-10,12H2,1-5H3. The van der Waals surface area contributed by atoms with Crippen LogP contribution in [0.4, 0.5) is 0 Å². The fourth-order valence-electron chi connectivity index (χ4n) is 2.39. The molecular formula is C20H26ClN3O3S. The summed E-state index contributed by atoms with van der Waals surface area (Å²) >= 11 is 7.41. The number of esters is 1. The molecule has 0 radical (unpaired) electrons. The van der Waals surface area contributed by atoms with E-state index in [0.29, 0.717) is 28.8 Å². The number of halogens is 1. The van der Waals surface area contributed by atoms with E-state index in [2.05, 4.69) is 4.98 Å². The number of hydrogen-bond donors (Lipinski definition) is 0. The molecule has 1 amide bonds. The first-order chi connectivity index (χ1) is 13.0. The Morgan fingerprint density at radius 1 is 1.21 bits per heavy atom. The smallest absolute Gasteiger partial charge is 0.326 e. The average Bonchev–Trinajstić information content (AvgIpc) is 3.06. The van der Waals surface area contributed by atoms with E-state index in [-0.39, 0.29) is 12.5 Å². The topological polar surface area (TPSA) is 62.7 Å². The van der Waals surface area contributed by atoms with E-state index >= 15 is 0 Å². The first-order valence-electron chi connectivity index (χ1n) is 8.92. The number of amides is 1. The molecule has 6 nitrogen and oxygen atoms in total. The summed E-state index contributed by atoms with van der Waals surface area (Å²) in [4.78, 5) is 33.1. The highest BCUT2D eigenvalue weighted by molar-refractivity contribution is 7.13. The van der Waals surface area contributed by atoms with Crippen LogP contribution >= 0.6 is 22.9 Å². The molecule has 0 saturated carbocycles. The van der Waals surface area contributed by atoms with Gasteiger partial charge in [-0.3, -0.25) is 9.59 Å². The summed E-state index contributed by atoms with van der Waals surface area (Å²) < 4.78 is 5.37. The van der Waals surface area contributed by atoms with Crippen LogP contribution in [0.25, 0.3) is 10.6 Å². The lowest BCUT2D eigenvalue weighted by molar-refractivity contribution is -0.155. The normalized spacial score (nSPS) is 11.5. The largest absolute Gasteiger partial charge is 0.459 e. The molecule has 1 aromatic carbocycles. The van der Waals surface area contributed by atoms with Crippen molar-refractivity contribution in [1.29, 1.82) is 0 Å². The number of nitrogens with zero attached hydrogens (tertiary/aromatic N) is 3. The second kappa shape index (κ2) is 9.49. The molecular weight excluding hydrogens is 398 g/mol. The van der Waals surface area contributed by atoms with Gasteiger partial charge >= 0.3 is 5.97 Å². The Kier molecular flexibility index (Phi) is 7.57. The van der Waals surface area contributed by atoms with Crippen LogP contribution in [0.2, 0.25) is 5.02 Å². The van der Waals surface area contributed by atoms with Crippen LogP contribution in [-0.2, 0) is 9.53 Å². The highest BCUT2D eigenvalue weighted by Crippen LogP contribution is 2.26. The van der Waals surface area contributed by atoms with Crippen molar-refractivity contribution in [2.24, 2.45) is 0 Å². The third-order valence-corrected chi connectivity index (χ3v) is 4.77. The monoisotopic (exact) mass is 423 g/mol. The van der Waals surface area contributed by atoms with Gasteiger partial charge in [-0.15, -0.1) is 11.3 Å². The molecule has 2 rings (SSSR count). The molecule has 0 saturated heterocycles. The van der Waals surface area contributed by atoms with Crippen LogP contribution in [-0.4, -0.2) is 66.0 Å². The summed E-state index contributed by atoms with van der Waals surface area (Å²) in [5.41, 5.74) is 0.555. The molecule has 1 aromatic heterocycles. The predicted octanol–water partition coefficient (Wildman–Crippen LogP) is 3.81. The van der Waals surface area contributed by atoms with Gasteiger partial charge in [0.2, 0.25) is 0 Å². The lowest BCUT2D eigenvalue weighted by Gasteiger charge is -2.25. The number of aromatic nitrogens is 1. The third-order valence-electron chi connectivity index (χ3n) is 3.64. The number of likely N-dealkylation sites (N-methyl/N-ethyl adjacent to an activating group) is 1. The maximum Gasteiger partial charge on any atom is 0.326 e. The lowest BCUT2D eigenvalue weighted by atomic mass is 10.2. The zero-order valence-electron chi connectivity index (χ0n) is 16.9. The Morgan fingerprint density at radius 3 is 2.54 bits per heavy atom. The minimum Gasteiger partial charge on any atom is -0.459 e. The molecule has 0 atom stereocenters. The highest BCUT2D eigenvalue weighted by Gasteiger charge is 2.24. The summed E-state index contributed by atoms with van der Waals surface area (Å²) in [5, 5.41) is 3.02. The van der Waals surface area contributed by atoms with Crippen LogP contribution in [0.3, 0.4) is 0 Å². The van der Waals surface area contributed by atoms with Crippen LogP contribution in [0.1, 0.15) is 31.3 Å². The quantitative estimate of drug-likeness (QED) is 0.633.